The van der Waals surface area contributed by atoms with Crippen LogP contribution in [0, 0.1) is 5.92 Å². The number of rotatable bonds is 7. The van der Waals surface area contributed by atoms with Gasteiger partial charge in [-0.05, 0) is 55.9 Å². The molecule has 0 radical (unpaired) electrons. The first-order valence-electron chi connectivity index (χ1n) is 9.91. The first kappa shape index (κ1) is 19.6. The van der Waals surface area contributed by atoms with Crippen molar-refractivity contribution in [2.45, 2.75) is 31.3 Å². The summed E-state index contributed by atoms with van der Waals surface area (Å²) in [6.45, 7) is 2.86. The number of benzene rings is 2. The molecule has 0 unspecified atom stereocenters. The van der Waals surface area contributed by atoms with E-state index in [-0.39, 0.29) is 11.8 Å². The quantitative estimate of drug-likeness (QED) is 0.791. The molecule has 0 atom stereocenters. The van der Waals surface area contributed by atoms with Gasteiger partial charge in [0.2, 0.25) is 5.91 Å². The summed E-state index contributed by atoms with van der Waals surface area (Å²) < 4.78 is 0. The van der Waals surface area contributed by atoms with E-state index in [4.69, 9.17) is 0 Å². The van der Waals surface area contributed by atoms with E-state index in [0.29, 0.717) is 6.42 Å². The molecule has 0 saturated carbocycles. The van der Waals surface area contributed by atoms with Crippen LogP contribution >= 0.6 is 0 Å². The van der Waals surface area contributed by atoms with Crippen LogP contribution < -0.4 is 5.32 Å². The first-order valence-corrected chi connectivity index (χ1v) is 9.91. The van der Waals surface area contributed by atoms with Gasteiger partial charge in [-0.1, -0.05) is 60.7 Å². The highest BCUT2D eigenvalue weighted by atomic mass is 16.3. The topological polar surface area (TPSA) is 52.6 Å². The summed E-state index contributed by atoms with van der Waals surface area (Å²) in [4.78, 5) is 13.8. The maximum atomic E-state index is 11.9. The molecule has 1 aliphatic heterocycles. The molecular formula is C23H30N2O2. The minimum Gasteiger partial charge on any atom is -0.380 e. The zero-order chi connectivity index (χ0) is 19.1. The number of carbonyl (C=O) groups is 1. The Morgan fingerprint density at radius 3 is 2.04 bits per heavy atom. The predicted molar refractivity (Wildman–Crippen MR) is 108 cm³/mol. The van der Waals surface area contributed by atoms with Crippen molar-refractivity contribution in [2.75, 3.05) is 26.7 Å². The van der Waals surface area contributed by atoms with E-state index in [9.17, 15) is 9.90 Å². The van der Waals surface area contributed by atoms with Gasteiger partial charge in [-0.3, -0.25) is 4.79 Å². The van der Waals surface area contributed by atoms with E-state index in [2.05, 4.69) is 10.2 Å². The molecule has 2 N–H and O–H groups in total. The maximum absolute atomic E-state index is 11.9. The first-order chi connectivity index (χ1) is 13.1. The van der Waals surface area contributed by atoms with Crippen molar-refractivity contribution in [3.63, 3.8) is 0 Å². The highest BCUT2D eigenvalue weighted by Gasteiger charge is 2.41. The van der Waals surface area contributed by atoms with Crippen LogP contribution in [0.5, 0.6) is 0 Å². The maximum Gasteiger partial charge on any atom is 0.219 e. The Balaban J connectivity index is 1.70. The van der Waals surface area contributed by atoms with Crippen molar-refractivity contribution in [3.05, 3.63) is 71.8 Å². The molecule has 4 heteroatoms. The SMILES string of the molecule is CNC(=O)CCCN1CCC(C(O)(c2ccccc2)c2ccccc2)CC1. The van der Waals surface area contributed by atoms with E-state index >= 15 is 0 Å². The fraction of sp³-hybridized carbons (Fsp3) is 0.435. The standard InChI is InChI=1S/C23H30N2O2/c1-24-22(26)13-8-16-25-17-14-21(15-18-25)23(27,19-9-4-2-5-10-19)20-11-6-3-7-12-20/h2-7,9-12,21,27H,8,13-18H2,1H3,(H,24,26). The van der Waals surface area contributed by atoms with E-state index in [0.717, 1.165) is 50.0 Å². The summed E-state index contributed by atoms with van der Waals surface area (Å²) in [5.74, 6) is 0.282. The fourth-order valence-corrected chi connectivity index (χ4v) is 4.19. The molecule has 2 aromatic rings. The number of likely N-dealkylation sites (tertiary alicyclic amines) is 1. The lowest BCUT2D eigenvalue weighted by Crippen LogP contribution is -2.44. The Kier molecular flexibility index (Phi) is 6.64. The average molecular weight is 367 g/mol. The largest absolute Gasteiger partial charge is 0.380 e. The number of hydrogen-bond donors (Lipinski definition) is 2. The lowest BCUT2D eigenvalue weighted by molar-refractivity contribution is -0.120. The molecule has 144 valence electrons. The summed E-state index contributed by atoms with van der Waals surface area (Å²) in [6, 6.07) is 20.1. The van der Waals surface area contributed by atoms with Crippen molar-refractivity contribution >= 4 is 5.91 Å². The summed E-state index contributed by atoms with van der Waals surface area (Å²) >= 11 is 0. The highest BCUT2D eigenvalue weighted by Crippen LogP contribution is 2.41. The highest BCUT2D eigenvalue weighted by molar-refractivity contribution is 5.75. The number of carbonyl (C=O) groups excluding carboxylic acids is 1. The third-order valence-electron chi connectivity index (χ3n) is 5.76. The summed E-state index contributed by atoms with van der Waals surface area (Å²) in [5, 5.41) is 14.5. The molecule has 3 rings (SSSR count). The molecule has 0 spiro atoms. The van der Waals surface area contributed by atoms with E-state index in [1.165, 1.54) is 0 Å². The summed E-state index contributed by atoms with van der Waals surface area (Å²) in [7, 11) is 1.68. The molecule has 1 aliphatic rings. The van der Waals surface area contributed by atoms with Crippen molar-refractivity contribution in [1.29, 1.82) is 0 Å². The van der Waals surface area contributed by atoms with Crippen LogP contribution in [0.1, 0.15) is 36.8 Å². The zero-order valence-corrected chi connectivity index (χ0v) is 16.1. The number of amides is 1. The third-order valence-corrected chi connectivity index (χ3v) is 5.76. The van der Waals surface area contributed by atoms with Gasteiger partial charge in [0.05, 0.1) is 0 Å². The molecule has 0 bridgehead atoms. The summed E-state index contributed by atoms with van der Waals surface area (Å²) in [5.41, 5.74) is 0.972. The van der Waals surface area contributed by atoms with Crippen molar-refractivity contribution in [1.82, 2.24) is 10.2 Å². The van der Waals surface area contributed by atoms with E-state index in [1.807, 2.05) is 60.7 Å². The molecular weight excluding hydrogens is 336 g/mol. The van der Waals surface area contributed by atoms with Crippen LogP contribution in [-0.2, 0) is 10.4 Å². The van der Waals surface area contributed by atoms with Crippen LogP contribution in [0.3, 0.4) is 0 Å². The Morgan fingerprint density at radius 2 is 1.56 bits per heavy atom. The number of aliphatic hydroxyl groups is 1. The Morgan fingerprint density at radius 1 is 1.04 bits per heavy atom. The second kappa shape index (κ2) is 9.16. The van der Waals surface area contributed by atoms with Gasteiger partial charge >= 0.3 is 0 Å². The Labute approximate surface area is 162 Å². The zero-order valence-electron chi connectivity index (χ0n) is 16.1. The molecule has 4 nitrogen and oxygen atoms in total. The lowest BCUT2D eigenvalue weighted by atomic mass is 9.72. The van der Waals surface area contributed by atoms with Gasteiger partial charge in [-0.25, -0.2) is 0 Å². The van der Waals surface area contributed by atoms with Gasteiger partial charge in [0.15, 0.2) is 0 Å². The smallest absolute Gasteiger partial charge is 0.219 e. The van der Waals surface area contributed by atoms with E-state index in [1.54, 1.807) is 7.05 Å². The van der Waals surface area contributed by atoms with Crippen LogP contribution in [-0.4, -0.2) is 42.6 Å². The average Bonchev–Trinajstić information content (AvgIpc) is 2.74. The van der Waals surface area contributed by atoms with Crippen LogP contribution in [0.2, 0.25) is 0 Å². The number of hydrogen-bond acceptors (Lipinski definition) is 3. The molecule has 0 aromatic heterocycles. The monoisotopic (exact) mass is 366 g/mol. The molecule has 1 fully saturated rings. The normalized spacial score (nSPS) is 16.2. The van der Waals surface area contributed by atoms with Gasteiger partial charge in [0.25, 0.3) is 0 Å². The molecule has 1 saturated heterocycles. The molecule has 2 aromatic carbocycles. The van der Waals surface area contributed by atoms with Crippen LogP contribution in [0.25, 0.3) is 0 Å². The van der Waals surface area contributed by atoms with Crippen LogP contribution in [0.15, 0.2) is 60.7 Å². The molecule has 0 aliphatic carbocycles. The predicted octanol–water partition coefficient (Wildman–Crippen LogP) is 3.16. The third kappa shape index (κ3) is 4.57. The molecule has 1 heterocycles. The minimum absolute atomic E-state index is 0.104. The van der Waals surface area contributed by atoms with Gasteiger partial charge in [0, 0.05) is 13.5 Å². The van der Waals surface area contributed by atoms with Gasteiger partial charge < -0.3 is 15.3 Å². The van der Waals surface area contributed by atoms with E-state index < -0.39 is 5.60 Å². The molecule has 27 heavy (non-hydrogen) atoms. The van der Waals surface area contributed by atoms with Gasteiger partial charge in [-0.2, -0.15) is 0 Å². The van der Waals surface area contributed by atoms with Crippen molar-refractivity contribution < 1.29 is 9.90 Å². The second-order valence-electron chi connectivity index (χ2n) is 7.39. The minimum atomic E-state index is -0.962. The van der Waals surface area contributed by atoms with Gasteiger partial charge in [-0.15, -0.1) is 0 Å². The fourth-order valence-electron chi connectivity index (χ4n) is 4.19. The van der Waals surface area contributed by atoms with Gasteiger partial charge in [0.1, 0.15) is 5.60 Å². The Bertz CT molecular complexity index is 670. The summed E-state index contributed by atoms with van der Waals surface area (Å²) in [6.07, 6.45) is 3.35. The van der Waals surface area contributed by atoms with Crippen molar-refractivity contribution in [2.24, 2.45) is 5.92 Å². The number of piperidine rings is 1. The molecule has 1 amide bonds. The van der Waals surface area contributed by atoms with Crippen molar-refractivity contribution in [3.8, 4) is 0 Å². The number of nitrogens with zero attached hydrogens (tertiary/aromatic N) is 1. The Hall–Kier alpha value is -2.17. The number of nitrogens with one attached hydrogen (secondary N) is 1. The second-order valence-corrected chi connectivity index (χ2v) is 7.39. The van der Waals surface area contributed by atoms with Crippen LogP contribution in [0.4, 0.5) is 0 Å². The lowest BCUT2D eigenvalue weighted by Gasteiger charge is -2.42.